The van der Waals surface area contributed by atoms with E-state index in [9.17, 15) is 4.79 Å². The number of aldehydes is 1. The standard InChI is InChI=1S/C6H12O5S/c7-1-3(8)5(10)6(11)4(9)2-12/h1,3-6,8-12H,2H2/t3-,4+,5+,6-/m0/s1. The Kier molecular flexibility index (Phi) is 5.43. The molecule has 0 spiro atoms. The largest absolute Gasteiger partial charge is 0.389 e. The van der Waals surface area contributed by atoms with E-state index in [1.807, 2.05) is 0 Å². The van der Waals surface area contributed by atoms with E-state index in [2.05, 4.69) is 12.6 Å². The van der Waals surface area contributed by atoms with Crippen LogP contribution in [0.1, 0.15) is 0 Å². The fourth-order valence-electron chi connectivity index (χ4n) is 0.618. The molecule has 0 amide bonds. The summed E-state index contributed by atoms with van der Waals surface area (Å²) in [6.45, 7) is 0. The summed E-state index contributed by atoms with van der Waals surface area (Å²) in [5.74, 6) is -0.0657. The number of carbonyl (C=O) groups is 1. The second-order valence-corrected chi connectivity index (χ2v) is 2.72. The first-order valence-corrected chi connectivity index (χ1v) is 3.96. The van der Waals surface area contributed by atoms with Crippen molar-refractivity contribution >= 4 is 18.9 Å². The van der Waals surface area contributed by atoms with Crippen molar-refractivity contribution in [3.8, 4) is 0 Å². The molecule has 0 radical (unpaired) electrons. The van der Waals surface area contributed by atoms with Crippen LogP contribution in [-0.4, -0.2) is 56.9 Å². The zero-order chi connectivity index (χ0) is 9.72. The van der Waals surface area contributed by atoms with E-state index in [-0.39, 0.29) is 12.0 Å². The predicted octanol–water partition coefficient (Wildman–Crippen LogP) is -2.44. The highest BCUT2D eigenvalue weighted by Crippen LogP contribution is 2.04. The molecule has 0 saturated heterocycles. The maximum absolute atomic E-state index is 9.94. The van der Waals surface area contributed by atoms with Gasteiger partial charge in [0.1, 0.15) is 18.3 Å². The first-order chi connectivity index (χ1) is 5.54. The molecule has 5 nitrogen and oxygen atoms in total. The van der Waals surface area contributed by atoms with E-state index >= 15 is 0 Å². The van der Waals surface area contributed by atoms with Gasteiger partial charge in [-0.1, -0.05) is 0 Å². The van der Waals surface area contributed by atoms with E-state index in [0.717, 1.165) is 0 Å². The van der Waals surface area contributed by atoms with Crippen molar-refractivity contribution in [2.75, 3.05) is 5.75 Å². The van der Waals surface area contributed by atoms with Crippen LogP contribution in [0.3, 0.4) is 0 Å². The van der Waals surface area contributed by atoms with E-state index in [1.54, 1.807) is 0 Å². The van der Waals surface area contributed by atoms with Gasteiger partial charge in [0.25, 0.3) is 0 Å². The molecule has 0 unspecified atom stereocenters. The Balaban J connectivity index is 4.07. The average molecular weight is 196 g/mol. The van der Waals surface area contributed by atoms with Gasteiger partial charge in [0.2, 0.25) is 0 Å². The monoisotopic (exact) mass is 196 g/mol. The molecular formula is C6H12O5S. The smallest absolute Gasteiger partial charge is 0.151 e. The molecule has 0 fully saturated rings. The molecule has 6 heteroatoms. The Hall–Kier alpha value is -0.140. The molecular weight excluding hydrogens is 184 g/mol. The molecule has 0 heterocycles. The number of rotatable bonds is 5. The van der Waals surface area contributed by atoms with Gasteiger partial charge in [0.15, 0.2) is 6.29 Å². The molecule has 72 valence electrons. The molecule has 0 aliphatic rings. The van der Waals surface area contributed by atoms with Gasteiger partial charge < -0.3 is 25.2 Å². The highest BCUT2D eigenvalue weighted by Gasteiger charge is 2.29. The number of thiol groups is 1. The first-order valence-electron chi connectivity index (χ1n) is 3.33. The summed E-state index contributed by atoms with van der Waals surface area (Å²) >= 11 is 3.66. The summed E-state index contributed by atoms with van der Waals surface area (Å²) in [6.07, 6.45) is -6.11. The molecule has 0 aromatic carbocycles. The fourth-order valence-corrected chi connectivity index (χ4v) is 0.834. The van der Waals surface area contributed by atoms with Crippen molar-refractivity contribution < 1.29 is 25.2 Å². The van der Waals surface area contributed by atoms with Gasteiger partial charge in [-0.25, -0.2) is 0 Å². The highest BCUT2D eigenvalue weighted by molar-refractivity contribution is 7.80. The molecule has 12 heavy (non-hydrogen) atoms. The molecule has 0 aromatic heterocycles. The number of hydrogen-bond donors (Lipinski definition) is 5. The Bertz CT molecular complexity index is 142. The van der Waals surface area contributed by atoms with Gasteiger partial charge >= 0.3 is 0 Å². The number of aliphatic hydroxyl groups excluding tert-OH is 4. The molecule has 0 aliphatic carbocycles. The van der Waals surface area contributed by atoms with Gasteiger partial charge in [-0.3, -0.25) is 0 Å². The average Bonchev–Trinajstić information content (AvgIpc) is 2.12. The molecule has 0 bridgehead atoms. The zero-order valence-electron chi connectivity index (χ0n) is 6.24. The van der Waals surface area contributed by atoms with Gasteiger partial charge in [0, 0.05) is 5.75 Å². The minimum atomic E-state index is -1.69. The van der Waals surface area contributed by atoms with Crippen LogP contribution in [0.2, 0.25) is 0 Å². The minimum absolute atomic E-state index is 0.0657. The topological polar surface area (TPSA) is 98.0 Å². The molecule has 0 rings (SSSR count). The quantitative estimate of drug-likeness (QED) is 0.248. The lowest BCUT2D eigenvalue weighted by atomic mass is 10.1. The van der Waals surface area contributed by atoms with Gasteiger partial charge in [0.05, 0.1) is 6.10 Å². The third kappa shape index (κ3) is 3.08. The second-order valence-electron chi connectivity index (χ2n) is 2.36. The fraction of sp³-hybridized carbons (Fsp3) is 0.833. The summed E-state index contributed by atoms with van der Waals surface area (Å²) in [4.78, 5) is 9.94. The van der Waals surface area contributed by atoms with Crippen LogP contribution < -0.4 is 0 Å². The molecule has 0 aromatic rings. The van der Waals surface area contributed by atoms with Crippen molar-refractivity contribution in [1.29, 1.82) is 0 Å². The molecule has 0 aliphatic heterocycles. The normalized spacial score (nSPS) is 21.1. The summed E-state index contributed by atoms with van der Waals surface area (Å²) in [6, 6.07) is 0. The Morgan fingerprint density at radius 3 is 2.00 bits per heavy atom. The van der Waals surface area contributed by atoms with Crippen LogP contribution in [0.5, 0.6) is 0 Å². The number of aliphatic hydroxyl groups is 4. The van der Waals surface area contributed by atoms with Crippen LogP contribution in [0.4, 0.5) is 0 Å². The number of carbonyl (C=O) groups excluding carboxylic acids is 1. The Morgan fingerprint density at radius 1 is 1.17 bits per heavy atom. The van der Waals surface area contributed by atoms with E-state index in [4.69, 9.17) is 20.4 Å². The highest BCUT2D eigenvalue weighted by atomic mass is 32.1. The van der Waals surface area contributed by atoms with Crippen molar-refractivity contribution in [1.82, 2.24) is 0 Å². The molecule has 4 atom stereocenters. The Labute approximate surface area is 75.1 Å². The summed E-state index contributed by atoms with van der Waals surface area (Å²) in [5.41, 5.74) is 0. The summed E-state index contributed by atoms with van der Waals surface area (Å²) in [5, 5.41) is 35.6. The van der Waals surface area contributed by atoms with Crippen LogP contribution in [0, 0.1) is 0 Å². The van der Waals surface area contributed by atoms with E-state index < -0.39 is 24.4 Å². The minimum Gasteiger partial charge on any atom is -0.389 e. The van der Waals surface area contributed by atoms with Crippen LogP contribution in [0.15, 0.2) is 0 Å². The van der Waals surface area contributed by atoms with Crippen LogP contribution in [0.25, 0.3) is 0 Å². The molecule has 0 saturated carbocycles. The van der Waals surface area contributed by atoms with Gasteiger partial charge in [-0.15, -0.1) is 0 Å². The lowest BCUT2D eigenvalue weighted by molar-refractivity contribution is -0.132. The number of hydrogen-bond acceptors (Lipinski definition) is 6. The zero-order valence-corrected chi connectivity index (χ0v) is 7.13. The summed E-state index contributed by atoms with van der Waals surface area (Å²) in [7, 11) is 0. The third-order valence-electron chi connectivity index (χ3n) is 1.42. The Morgan fingerprint density at radius 2 is 1.67 bits per heavy atom. The first kappa shape index (κ1) is 11.9. The lowest BCUT2D eigenvalue weighted by Crippen LogP contribution is -2.45. The lowest BCUT2D eigenvalue weighted by Gasteiger charge is -2.22. The van der Waals surface area contributed by atoms with Crippen molar-refractivity contribution in [3.05, 3.63) is 0 Å². The SMILES string of the molecule is O=C[C@H](O)[C@@H](O)[C@@H](O)[C@H](O)CS. The van der Waals surface area contributed by atoms with Crippen molar-refractivity contribution in [3.63, 3.8) is 0 Å². The van der Waals surface area contributed by atoms with Crippen molar-refractivity contribution in [2.24, 2.45) is 0 Å². The van der Waals surface area contributed by atoms with E-state index in [1.165, 1.54) is 0 Å². The predicted molar refractivity (Wildman–Crippen MR) is 43.9 cm³/mol. The van der Waals surface area contributed by atoms with E-state index in [0.29, 0.717) is 0 Å². The van der Waals surface area contributed by atoms with Gasteiger partial charge in [-0.05, 0) is 0 Å². The second kappa shape index (κ2) is 5.50. The maximum Gasteiger partial charge on any atom is 0.151 e. The van der Waals surface area contributed by atoms with Crippen molar-refractivity contribution in [2.45, 2.75) is 24.4 Å². The van der Waals surface area contributed by atoms with Crippen LogP contribution >= 0.6 is 12.6 Å². The third-order valence-corrected chi connectivity index (χ3v) is 1.79. The summed E-state index contributed by atoms with van der Waals surface area (Å²) < 4.78 is 0. The molecule has 4 N–H and O–H groups in total. The van der Waals surface area contributed by atoms with Gasteiger partial charge in [-0.2, -0.15) is 12.6 Å². The van der Waals surface area contributed by atoms with Crippen LogP contribution in [-0.2, 0) is 4.79 Å². The maximum atomic E-state index is 9.94.